The third-order valence-corrected chi connectivity index (χ3v) is 3.32. The van der Waals surface area contributed by atoms with Gasteiger partial charge in [0.25, 0.3) is 0 Å². The van der Waals surface area contributed by atoms with Gasteiger partial charge in [-0.1, -0.05) is 35.9 Å². The molecule has 1 atom stereocenters. The highest BCUT2D eigenvalue weighted by Crippen LogP contribution is 2.23. The lowest BCUT2D eigenvalue weighted by molar-refractivity contribution is 0.526. The van der Waals surface area contributed by atoms with Crippen LogP contribution in [0.25, 0.3) is 0 Å². The van der Waals surface area contributed by atoms with Crippen LogP contribution in [0.4, 0.5) is 0 Å². The molecule has 2 N–H and O–H groups in total. The van der Waals surface area contributed by atoms with E-state index in [-0.39, 0.29) is 6.04 Å². The van der Waals surface area contributed by atoms with Crippen molar-refractivity contribution in [3.05, 3.63) is 52.3 Å². The van der Waals surface area contributed by atoms with Gasteiger partial charge in [0, 0.05) is 12.7 Å². The maximum absolute atomic E-state index is 6.03. The van der Waals surface area contributed by atoms with Crippen LogP contribution in [-0.4, -0.2) is 16.3 Å². The molecule has 1 heterocycles. The minimum absolute atomic E-state index is 0.0439. The summed E-state index contributed by atoms with van der Waals surface area (Å²) in [5, 5.41) is 5.08. The molecule has 4 heteroatoms. The summed E-state index contributed by atoms with van der Waals surface area (Å²) in [5.74, 6) is 0. The summed E-state index contributed by atoms with van der Waals surface area (Å²) in [7, 11) is 0. The van der Waals surface area contributed by atoms with Gasteiger partial charge in [-0.3, -0.25) is 4.68 Å². The molecular formula is C13H16ClN3. The van der Waals surface area contributed by atoms with E-state index in [2.05, 4.69) is 24.2 Å². The second kappa shape index (κ2) is 4.90. The molecule has 2 aromatic rings. The molecule has 0 aliphatic heterocycles. The quantitative estimate of drug-likeness (QED) is 0.909. The van der Waals surface area contributed by atoms with E-state index in [9.17, 15) is 0 Å². The Morgan fingerprint density at radius 1 is 1.35 bits per heavy atom. The van der Waals surface area contributed by atoms with E-state index in [0.717, 1.165) is 5.69 Å². The SMILES string of the molecule is Cc1ccccc1C(CN)n1cc(Cl)c(C)n1. The topological polar surface area (TPSA) is 43.8 Å². The number of hydrogen-bond acceptors (Lipinski definition) is 2. The van der Waals surface area contributed by atoms with Crippen LogP contribution in [0.1, 0.15) is 22.9 Å². The molecule has 0 radical (unpaired) electrons. The smallest absolute Gasteiger partial charge is 0.0893 e. The van der Waals surface area contributed by atoms with E-state index in [1.54, 1.807) is 0 Å². The zero-order chi connectivity index (χ0) is 12.4. The van der Waals surface area contributed by atoms with E-state index in [0.29, 0.717) is 11.6 Å². The largest absolute Gasteiger partial charge is 0.328 e. The van der Waals surface area contributed by atoms with Crippen LogP contribution in [0, 0.1) is 13.8 Å². The molecule has 3 nitrogen and oxygen atoms in total. The van der Waals surface area contributed by atoms with Crippen LogP contribution < -0.4 is 5.73 Å². The van der Waals surface area contributed by atoms with E-state index >= 15 is 0 Å². The fourth-order valence-electron chi connectivity index (χ4n) is 1.96. The molecule has 0 bridgehead atoms. The molecule has 90 valence electrons. The monoisotopic (exact) mass is 249 g/mol. The van der Waals surface area contributed by atoms with Crippen LogP contribution >= 0.6 is 11.6 Å². The molecule has 0 spiro atoms. The average molecular weight is 250 g/mol. The zero-order valence-corrected chi connectivity index (χ0v) is 10.8. The molecule has 1 aromatic carbocycles. The van der Waals surface area contributed by atoms with Crippen molar-refractivity contribution < 1.29 is 0 Å². The molecule has 0 fully saturated rings. The first-order valence-electron chi connectivity index (χ1n) is 5.60. The summed E-state index contributed by atoms with van der Waals surface area (Å²) >= 11 is 6.03. The Bertz CT molecular complexity index is 500. The highest BCUT2D eigenvalue weighted by molar-refractivity contribution is 6.31. The van der Waals surface area contributed by atoms with Crippen molar-refractivity contribution in [3.63, 3.8) is 0 Å². The van der Waals surface area contributed by atoms with Crippen LogP contribution in [0.15, 0.2) is 30.5 Å². The van der Waals surface area contributed by atoms with Gasteiger partial charge < -0.3 is 5.73 Å². The van der Waals surface area contributed by atoms with Crippen molar-refractivity contribution in [1.82, 2.24) is 9.78 Å². The highest BCUT2D eigenvalue weighted by atomic mass is 35.5. The fourth-order valence-corrected chi connectivity index (χ4v) is 2.09. The molecule has 2 rings (SSSR count). The summed E-state index contributed by atoms with van der Waals surface area (Å²) in [4.78, 5) is 0. The summed E-state index contributed by atoms with van der Waals surface area (Å²) in [6.07, 6.45) is 1.83. The van der Waals surface area contributed by atoms with Crippen molar-refractivity contribution >= 4 is 11.6 Å². The number of benzene rings is 1. The van der Waals surface area contributed by atoms with E-state index in [1.165, 1.54) is 11.1 Å². The lowest BCUT2D eigenvalue weighted by Gasteiger charge is -2.18. The van der Waals surface area contributed by atoms with Crippen molar-refractivity contribution in [2.75, 3.05) is 6.54 Å². The Morgan fingerprint density at radius 3 is 2.59 bits per heavy atom. The van der Waals surface area contributed by atoms with Crippen LogP contribution in [0.2, 0.25) is 5.02 Å². The normalized spacial score (nSPS) is 12.7. The van der Waals surface area contributed by atoms with E-state index in [1.807, 2.05) is 29.9 Å². The third-order valence-electron chi connectivity index (χ3n) is 2.95. The molecule has 17 heavy (non-hydrogen) atoms. The lowest BCUT2D eigenvalue weighted by Crippen LogP contribution is -2.21. The maximum Gasteiger partial charge on any atom is 0.0893 e. The first kappa shape index (κ1) is 12.1. The first-order valence-corrected chi connectivity index (χ1v) is 5.98. The molecular weight excluding hydrogens is 234 g/mol. The molecule has 0 aliphatic rings. The molecule has 1 aromatic heterocycles. The van der Waals surface area contributed by atoms with Gasteiger partial charge in [-0.15, -0.1) is 0 Å². The third kappa shape index (κ3) is 2.35. The van der Waals surface area contributed by atoms with Gasteiger partial charge in [0.1, 0.15) is 0 Å². The van der Waals surface area contributed by atoms with Crippen LogP contribution in [0.3, 0.4) is 0 Å². The number of rotatable bonds is 3. The van der Waals surface area contributed by atoms with Gasteiger partial charge in [-0.25, -0.2) is 0 Å². The summed E-state index contributed by atoms with van der Waals surface area (Å²) < 4.78 is 1.85. The first-order chi connectivity index (χ1) is 8.13. The number of nitrogens with two attached hydrogens (primary N) is 1. The number of hydrogen-bond donors (Lipinski definition) is 1. The Morgan fingerprint density at radius 2 is 2.06 bits per heavy atom. The number of aromatic nitrogens is 2. The van der Waals surface area contributed by atoms with E-state index in [4.69, 9.17) is 17.3 Å². The second-order valence-corrected chi connectivity index (χ2v) is 4.56. The zero-order valence-electron chi connectivity index (χ0n) is 10.0. The van der Waals surface area contributed by atoms with Gasteiger partial charge in [-0.05, 0) is 25.0 Å². The standard InChI is InChI=1S/C13H16ClN3/c1-9-5-3-4-6-11(9)13(7-15)17-8-12(14)10(2)16-17/h3-6,8,13H,7,15H2,1-2H3. The number of halogens is 1. The Hall–Kier alpha value is -1.32. The van der Waals surface area contributed by atoms with Crippen LogP contribution in [-0.2, 0) is 0 Å². The Labute approximate surface area is 106 Å². The fraction of sp³-hybridized carbons (Fsp3) is 0.308. The van der Waals surface area contributed by atoms with Crippen molar-refractivity contribution in [3.8, 4) is 0 Å². The number of aryl methyl sites for hydroxylation is 2. The molecule has 0 saturated carbocycles. The maximum atomic E-state index is 6.03. The summed E-state index contributed by atoms with van der Waals surface area (Å²) in [6, 6.07) is 8.24. The second-order valence-electron chi connectivity index (χ2n) is 4.15. The predicted octanol–water partition coefficient (Wildman–Crippen LogP) is 2.70. The number of nitrogens with zero attached hydrogens (tertiary/aromatic N) is 2. The molecule has 0 amide bonds. The molecule has 1 unspecified atom stereocenters. The van der Waals surface area contributed by atoms with Crippen molar-refractivity contribution in [2.24, 2.45) is 5.73 Å². The van der Waals surface area contributed by atoms with Crippen LogP contribution in [0.5, 0.6) is 0 Å². The Kier molecular flexibility index (Phi) is 3.50. The van der Waals surface area contributed by atoms with Gasteiger partial charge >= 0.3 is 0 Å². The lowest BCUT2D eigenvalue weighted by atomic mass is 10.0. The summed E-state index contributed by atoms with van der Waals surface area (Å²) in [6.45, 7) is 4.47. The highest BCUT2D eigenvalue weighted by Gasteiger charge is 2.16. The Balaban J connectivity index is 2.44. The molecule has 0 saturated heterocycles. The van der Waals surface area contributed by atoms with E-state index < -0.39 is 0 Å². The van der Waals surface area contributed by atoms with Gasteiger partial charge in [-0.2, -0.15) is 5.10 Å². The molecule has 0 aliphatic carbocycles. The minimum Gasteiger partial charge on any atom is -0.328 e. The minimum atomic E-state index is 0.0439. The van der Waals surface area contributed by atoms with Crippen molar-refractivity contribution in [2.45, 2.75) is 19.9 Å². The summed E-state index contributed by atoms with van der Waals surface area (Å²) in [5.41, 5.74) is 9.10. The average Bonchev–Trinajstić information content (AvgIpc) is 2.63. The van der Waals surface area contributed by atoms with Gasteiger partial charge in [0.2, 0.25) is 0 Å². The van der Waals surface area contributed by atoms with Crippen molar-refractivity contribution in [1.29, 1.82) is 0 Å². The predicted molar refractivity (Wildman–Crippen MR) is 70.3 cm³/mol. The van der Waals surface area contributed by atoms with Gasteiger partial charge in [0.05, 0.1) is 16.8 Å². The van der Waals surface area contributed by atoms with Gasteiger partial charge in [0.15, 0.2) is 0 Å².